The molecule has 1 aromatic rings. The molecule has 1 heterocycles. The Bertz CT molecular complexity index is 505. The molecule has 98 valence electrons. The van der Waals surface area contributed by atoms with Gasteiger partial charge in [-0.3, -0.25) is 0 Å². The zero-order valence-electron chi connectivity index (χ0n) is 9.91. The molecule has 0 amide bonds. The molecule has 1 aliphatic heterocycles. The number of halogens is 2. The summed E-state index contributed by atoms with van der Waals surface area (Å²) in [6.45, 7) is 2.43. The molecule has 2 rings (SSSR count). The summed E-state index contributed by atoms with van der Waals surface area (Å²) >= 11 is 4.64. The summed E-state index contributed by atoms with van der Waals surface area (Å²) in [5.74, 6) is -2.01. The molecule has 0 bridgehead atoms. The van der Waals surface area contributed by atoms with E-state index in [9.17, 15) is 13.9 Å². The van der Waals surface area contributed by atoms with Crippen molar-refractivity contribution in [3.63, 3.8) is 0 Å². The molecule has 0 spiro atoms. The fraction of sp³-hybridized carbons (Fsp3) is 0.417. The van der Waals surface area contributed by atoms with Crippen LogP contribution in [0.25, 0.3) is 0 Å². The van der Waals surface area contributed by atoms with Crippen molar-refractivity contribution in [1.29, 1.82) is 0 Å². The normalized spacial score (nSPS) is 23.4. The predicted octanol–water partition coefficient (Wildman–Crippen LogP) is 1.56. The van der Waals surface area contributed by atoms with Crippen molar-refractivity contribution >= 4 is 22.9 Å². The molecule has 3 N–H and O–H groups in total. The fourth-order valence-corrected chi connectivity index (χ4v) is 2.28. The number of benzene rings is 1. The Morgan fingerprint density at radius 2 is 2.11 bits per heavy atom. The molecule has 0 aliphatic carbocycles. The monoisotopic (exact) mass is 272 g/mol. The number of hydrogen-bond acceptors (Lipinski definition) is 3. The van der Waals surface area contributed by atoms with Gasteiger partial charge in [0.15, 0.2) is 11.6 Å². The van der Waals surface area contributed by atoms with Gasteiger partial charge in [0, 0.05) is 18.7 Å². The van der Waals surface area contributed by atoms with Crippen LogP contribution in [0.3, 0.4) is 0 Å². The van der Waals surface area contributed by atoms with Crippen LogP contribution in [0.2, 0.25) is 0 Å². The van der Waals surface area contributed by atoms with Crippen LogP contribution < -0.4 is 10.6 Å². The molecule has 6 heteroatoms. The first-order valence-corrected chi connectivity index (χ1v) is 5.98. The third kappa shape index (κ3) is 2.30. The fourth-order valence-electron chi connectivity index (χ4n) is 2.12. The highest BCUT2D eigenvalue weighted by Crippen LogP contribution is 2.30. The van der Waals surface area contributed by atoms with E-state index in [0.29, 0.717) is 13.0 Å². The zero-order chi connectivity index (χ0) is 13.5. The van der Waals surface area contributed by atoms with E-state index in [1.807, 2.05) is 0 Å². The van der Waals surface area contributed by atoms with Crippen molar-refractivity contribution < 1.29 is 13.9 Å². The van der Waals surface area contributed by atoms with Crippen LogP contribution in [0.5, 0.6) is 0 Å². The van der Waals surface area contributed by atoms with E-state index in [1.54, 1.807) is 11.8 Å². The highest BCUT2D eigenvalue weighted by Gasteiger charge is 2.33. The van der Waals surface area contributed by atoms with Gasteiger partial charge in [-0.05, 0) is 25.5 Å². The molecular weight excluding hydrogens is 258 g/mol. The van der Waals surface area contributed by atoms with Gasteiger partial charge in [0.05, 0.1) is 11.3 Å². The lowest BCUT2D eigenvalue weighted by molar-refractivity contribution is 0.0839. The number of β-amino-alcohol motifs (C(OH)–C–C–N with tert-alkyl or cyclic N) is 1. The number of aliphatic hydroxyl groups is 1. The molecular formula is C12H14F2N2OS. The highest BCUT2D eigenvalue weighted by molar-refractivity contribution is 7.80. The summed E-state index contributed by atoms with van der Waals surface area (Å²) in [5, 5.41) is 9.83. The van der Waals surface area contributed by atoms with Crippen LogP contribution in [-0.2, 0) is 0 Å². The molecule has 0 saturated carbocycles. The van der Waals surface area contributed by atoms with Gasteiger partial charge < -0.3 is 15.7 Å². The van der Waals surface area contributed by atoms with Crippen LogP contribution in [0, 0.1) is 11.6 Å². The Morgan fingerprint density at radius 3 is 2.61 bits per heavy atom. The zero-order valence-corrected chi connectivity index (χ0v) is 10.7. The van der Waals surface area contributed by atoms with Gasteiger partial charge in [0.2, 0.25) is 0 Å². The number of hydrogen-bond donors (Lipinski definition) is 2. The first-order chi connectivity index (χ1) is 8.32. The van der Waals surface area contributed by atoms with Gasteiger partial charge in [-0.2, -0.15) is 0 Å². The maximum absolute atomic E-state index is 13.9. The lowest BCUT2D eigenvalue weighted by atomic mass is 10.1. The van der Waals surface area contributed by atoms with E-state index in [4.69, 9.17) is 5.73 Å². The Hall–Kier alpha value is -1.27. The summed E-state index contributed by atoms with van der Waals surface area (Å²) < 4.78 is 27.6. The van der Waals surface area contributed by atoms with Gasteiger partial charge in [-0.15, -0.1) is 0 Å². The number of thiocarbonyl (C=S) groups is 1. The first-order valence-electron chi connectivity index (χ1n) is 5.57. The second kappa shape index (κ2) is 4.44. The lowest BCUT2D eigenvalue weighted by Gasteiger charge is -2.22. The molecule has 18 heavy (non-hydrogen) atoms. The van der Waals surface area contributed by atoms with Crippen molar-refractivity contribution in [2.24, 2.45) is 5.73 Å². The van der Waals surface area contributed by atoms with E-state index in [1.165, 1.54) is 12.1 Å². The summed E-state index contributed by atoms with van der Waals surface area (Å²) in [6.07, 6.45) is 0.519. The number of anilines is 1. The minimum atomic E-state index is -1.04. The lowest BCUT2D eigenvalue weighted by Crippen LogP contribution is -2.30. The summed E-state index contributed by atoms with van der Waals surface area (Å²) in [5.41, 5.74) is 4.46. The van der Waals surface area contributed by atoms with Gasteiger partial charge in [0.1, 0.15) is 4.99 Å². The maximum atomic E-state index is 13.9. The quantitative estimate of drug-likeness (QED) is 0.802. The molecule has 0 radical (unpaired) electrons. The van der Waals surface area contributed by atoms with Gasteiger partial charge >= 0.3 is 0 Å². The first kappa shape index (κ1) is 13.2. The third-order valence-corrected chi connectivity index (χ3v) is 3.34. The molecule has 1 unspecified atom stereocenters. The van der Waals surface area contributed by atoms with E-state index < -0.39 is 17.2 Å². The smallest absolute Gasteiger partial charge is 0.182 e. The third-order valence-electron chi connectivity index (χ3n) is 3.12. The van der Waals surface area contributed by atoms with Crippen molar-refractivity contribution in [1.82, 2.24) is 0 Å². The second-order valence-corrected chi connectivity index (χ2v) is 5.23. The van der Waals surface area contributed by atoms with E-state index in [0.717, 1.165) is 0 Å². The molecule has 3 nitrogen and oxygen atoms in total. The minimum absolute atomic E-state index is 0.0998. The molecule has 1 saturated heterocycles. The predicted molar refractivity (Wildman–Crippen MR) is 69.7 cm³/mol. The number of nitrogens with two attached hydrogens (primary N) is 1. The molecule has 1 fully saturated rings. The minimum Gasteiger partial charge on any atom is -0.389 e. The van der Waals surface area contributed by atoms with Crippen LogP contribution in [0.4, 0.5) is 14.5 Å². The SMILES string of the molecule is CC1(O)CCN(c2ccc(C(N)=S)c(F)c2F)C1. The summed E-state index contributed by atoms with van der Waals surface area (Å²) in [4.78, 5) is 1.44. The van der Waals surface area contributed by atoms with Gasteiger partial charge in [-0.1, -0.05) is 12.2 Å². The summed E-state index contributed by atoms with van der Waals surface area (Å²) in [6, 6.07) is 2.80. The largest absolute Gasteiger partial charge is 0.389 e. The van der Waals surface area contributed by atoms with Gasteiger partial charge in [0.25, 0.3) is 0 Å². The van der Waals surface area contributed by atoms with Crippen LogP contribution in [0.1, 0.15) is 18.9 Å². The van der Waals surface area contributed by atoms with Crippen molar-refractivity contribution in [2.75, 3.05) is 18.0 Å². The van der Waals surface area contributed by atoms with E-state index in [-0.39, 0.29) is 22.8 Å². The molecule has 1 aromatic carbocycles. The summed E-state index contributed by atoms with van der Waals surface area (Å²) in [7, 11) is 0. The highest BCUT2D eigenvalue weighted by atomic mass is 32.1. The van der Waals surface area contributed by atoms with Crippen molar-refractivity contribution in [3.8, 4) is 0 Å². The average Bonchev–Trinajstić information content (AvgIpc) is 2.62. The van der Waals surface area contributed by atoms with Crippen molar-refractivity contribution in [3.05, 3.63) is 29.3 Å². The van der Waals surface area contributed by atoms with Crippen LogP contribution >= 0.6 is 12.2 Å². The molecule has 1 atom stereocenters. The molecule has 0 aromatic heterocycles. The van der Waals surface area contributed by atoms with E-state index >= 15 is 0 Å². The van der Waals surface area contributed by atoms with Crippen molar-refractivity contribution in [2.45, 2.75) is 18.9 Å². The van der Waals surface area contributed by atoms with E-state index in [2.05, 4.69) is 12.2 Å². The Balaban J connectivity index is 2.37. The Morgan fingerprint density at radius 1 is 1.44 bits per heavy atom. The number of rotatable bonds is 2. The topological polar surface area (TPSA) is 49.5 Å². The van der Waals surface area contributed by atoms with Crippen LogP contribution in [0.15, 0.2) is 12.1 Å². The standard InChI is InChI=1S/C12H14F2N2OS/c1-12(17)4-5-16(6-12)8-3-2-7(11(15)18)9(13)10(8)14/h2-3,17H,4-6H2,1H3,(H2,15,18). The maximum Gasteiger partial charge on any atom is 0.182 e. The van der Waals surface area contributed by atoms with Crippen LogP contribution in [-0.4, -0.2) is 28.8 Å². The number of nitrogens with zero attached hydrogens (tertiary/aromatic N) is 1. The Labute approximate surface area is 109 Å². The average molecular weight is 272 g/mol. The van der Waals surface area contributed by atoms with Gasteiger partial charge in [-0.25, -0.2) is 8.78 Å². The molecule has 1 aliphatic rings. The second-order valence-electron chi connectivity index (χ2n) is 4.79. The Kier molecular flexibility index (Phi) is 3.25.